The van der Waals surface area contributed by atoms with Gasteiger partial charge in [-0.05, 0) is 11.6 Å². The fraction of sp³-hybridized carbons (Fsp3) is 0.0714. The van der Waals surface area contributed by atoms with Gasteiger partial charge in [0.25, 0.3) is 11.6 Å². The third-order valence-corrected chi connectivity index (χ3v) is 3.17. The van der Waals surface area contributed by atoms with Gasteiger partial charge >= 0.3 is 0 Å². The van der Waals surface area contributed by atoms with Crippen molar-refractivity contribution in [1.82, 2.24) is 5.32 Å². The van der Waals surface area contributed by atoms with Crippen LogP contribution in [-0.2, 0) is 0 Å². The van der Waals surface area contributed by atoms with E-state index >= 15 is 0 Å². The number of benzene rings is 2. The predicted octanol–water partition coefficient (Wildman–Crippen LogP) is 2.45. The molecule has 0 bridgehead atoms. The zero-order valence-corrected chi connectivity index (χ0v) is 10.4. The van der Waals surface area contributed by atoms with Gasteiger partial charge in [0.2, 0.25) is 0 Å². The molecule has 1 amide bonds. The molecule has 0 aromatic heterocycles. The van der Waals surface area contributed by atoms with Crippen LogP contribution in [0.4, 0.5) is 11.4 Å². The summed E-state index contributed by atoms with van der Waals surface area (Å²) < 4.78 is 0. The van der Waals surface area contributed by atoms with Crippen LogP contribution < -0.4 is 10.6 Å². The predicted molar refractivity (Wildman–Crippen MR) is 73.4 cm³/mol. The molecule has 0 saturated heterocycles. The van der Waals surface area contributed by atoms with E-state index < -0.39 is 11.1 Å². The van der Waals surface area contributed by atoms with Gasteiger partial charge in [-0.3, -0.25) is 14.9 Å². The molecule has 1 aliphatic rings. The van der Waals surface area contributed by atoms with Crippen molar-refractivity contribution in [2.24, 2.45) is 0 Å². The minimum atomic E-state index is -0.480. The molecule has 100 valence electrons. The first-order valence-corrected chi connectivity index (χ1v) is 6.06. The highest BCUT2D eigenvalue weighted by Crippen LogP contribution is 2.29. The maximum absolute atomic E-state index is 12.0. The van der Waals surface area contributed by atoms with Crippen molar-refractivity contribution in [3.05, 3.63) is 69.8 Å². The molecular weight excluding hydrogens is 258 g/mol. The van der Waals surface area contributed by atoms with Crippen LogP contribution in [0.5, 0.6) is 0 Å². The molecule has 2 aromatic rings. The average Bonchev–Trinajstić information content (AvgIpc) is 2.47. The molecular formula is C14H11N3O3. The number of carbonyl (C=O) groups excluding carboxylic acids is 1. The third-order valence-electron chi connectivity index (χ3n) is 3.17. The van der Waals surface area contributed by atoms with Crippen molar-refractivity contribution in [2.75, 3.05) is 5.32 Å². The highest BCUT2D eigenvalue weighted by molar-refractivity contribution is 6.02. The molecule has 3 rings (SSSR count). The van der Waals surface area contributed by atoms with Crippen molar-refractivity contribution in [2.45, 2.75) is 6.17 Å². The number of nitro benzene ring substituents is 1. The Hall–Kier alpha value is -2.89. The van der Waals surface area contributed by atoms with Crippen LogP contribution in [-0.4, -0.2) is 10.8 Å². The standard InChI is InChI=1S/C14H11N3O3/c18-14-11-7-6-10(17(19)20)8-12(11)15-13(16-14)9-4-2-1-3-5-9/h1-8,13,15H,(H,16,18). The average molecular weight is 269 g/mol. The summed E-state index contributed by atoms with van der Waals surface area (Å²) in [5.41, 5.74) is 1.72. The molecule has 1 heterocycles. The van der Waals surface area contributed by atoms with Gasteiger partial charge in [-0.1, -0.05) is 30.3 Å². The Morgan fingerprint density at radius 3 is 2.50 bits per heavy atom. The van der Waals surface area contributed by atoms with Gasteiger partial charge in [0.05, 0.1) is 16.2 Å². The van der Waals surface area contributed by atoms with Gasteiger partial charge in [-0.25, -0.2) is 0 Å². The van der Waals surface area contributed by atoms with Crippen LogP contribution in [0.1, 0.15) is 22.1 Å². The smallest absolute Gasteiger partial charge is 0.271 e. The first kappa shape index (κ1) is 12.2. The molecule has 6 heteroatoms. The van der Waals surface area contributed by atoms with Crippen LogP contribution in [0.3, 0.4) is 0 Å². The summed E-state index contributed by atoms with van der Waals surface area (Å²) in [6.07, 6.45) is -0.391. The second kappa shape index (κ2) is 4.65. The maximum atomic E-state index is 12.0. The molecule has 1 atom stereocenters. The number of nitro groups is 1. The van der Waals surface area contributed by atoms with Crippen LogP contribution >= 0.6 is 0 Å². The fourth-order valence-electron chi connectivity index (χ4n) is 2.18. The summed E-state index contributed by atoms with van der Waals surface area (Å²) in [5, 5.41) is 16.7. The van der Waals surface area contributed by atoms with E-state index in [0.717, 1.165) is 5.56 Å². The number of nitrogens with zero attached hydrogens (tertiary/aromatic N) is 1. The summed E-state index contributed by atoms with van der Waals surface area (Å²) in [5.74, 6) is -0.248. The number of carbonyl (C=O) groups is 1. The molecule has 0 radical (unpaired) electrons. The minimum Gasteiger partial charge on any atom is -0.361 e. The molecule has 0 spiro atoms. The Bertz CT molecular complexity index is 685. The quantitative estimate of drug-likeness (QED) is 0.647. The lowest BCUT2D eigenvalue weighted by Crippen LogP contribution is -2.38. The number of rotatable bonds is 2. The van der Waals surface area contributed by atoms with Crippen molar-refractivity contribution in [3.8, 4) is 0 Å². The highest BCUT2D eigenvalue weighted by Gasteiger charge is 2.26. The number of nitrogens with one attached hydrogen (secondary N) is 2. The first-order chi connectivity index (χ1) is 9.65. The lowest BCUT2D eigenvalue weighted by Gasteiger charge is -2.27. The zero-order chi connectivity index (χ0) is 14.1. The Morgan fingerprint density at radius 2 is 1.80 bits per heavy atom. The lowest BCUT2D eigenvalue weighted by molar-refractivity contribution is -0.384. The van der Waals surface area contributed by atoms with Gasteiger partial charge in [-0.2, -0.15) is 0 Å². The molecule has 2 N–H and O–H groups in total. The normalized spacial score (nSPS) is 16.8. The zero-order valence-electron chi connectivity index (χ0n) is 10.4. The first-order valence-electron chi connectivity index (χ1n) is 6.06. The summed E-state index contributed by atoms with van der Waals surface area (Å²) in [7, 11) is 0. The van der Waals surface area contributed by atoms with Crippen LogP contribution in [0.2, 0.25) is 0 Å². The van der Waals surface area contributed by atoms with E-state index in [0.29, 0.717) is 11.3 Å². The van der Waals surface area contributed by atoms with E-state index in [2.05, 4.69) is 10.6 Å². The number of amides is 1. The van der Waals surface area contributed by atoms with E-state index in [1.165, 1.54) is 18.2 Å². The highest BCUT2D eigenvalue weighted by atomic mass is 16.6. The Balaban J connectivity index is 1.99. The number of anilines is 1. The SMILES string of the molecule is O=C1NC(c2ccccc2)Nc2cc([N+](=O)[O-])ccc21. The monoisotopic (exact) mass is 269 g/mol. The summed E-state index contributed by atoms with van der Waals surface area (Å²) in [6, 6.07) is 13.5. The molecule has 1 unspecified atom stereocenters. The van der Waals surface area contributed by atoms with Gasteiger partial charge in [0.1, 0.15) is 6.17 Å². The largest absolute Gasteiger partial charge is 0.361 e. The fourth-order valence-corrected chi connectivity index (χ4v) is 2.18. The third kappa shape index (κ3) is 2.07. The van der Waals surface area contributed by atoms with Crippen molar-refractivity contribution < 1.29 is 9.72 Å². The molecule has 2 aromatic carbocycles. The molecule has 20 heavy (non-hydrogen) atoms. The maximum Gasteiger partial charge on any atom is 0.271 e. The number of non-ortho nitro benzene ring substituents is 1. The van der Waals surface area contributed by atoms with Crippen LogP contribution in [0, 0.1) is 10.1 Å². The molecule has 0 fully saturated rings. The molecule has 0 aliphatic carbocycles. The van der Waals surface area contributed by atoms with E-state index in [9.17, 15) is 14.9 Å². The second-order valence-corrected chi connectivity index (χ2v) is 4.45. The number of fused-ring (bicyclic) bond motifs is 1. The van der Waals surface area contributed by atoms with Gasteiger partial charge < -0.3 is 10.6 Å². The molecule has 6 nitrogen and oxygen atoms in total. The lowest BCUT2D eigenvalue weighted by atomic mass is 10.1. The van der Waals surface area contributed by atoms with Gasteiger partial charge in [-0.15, -0.1) is 0 Å². The molecule has 1 aliphatic heterocycles. The van der Waals surface area contributed by atoms with Crippen LogP contribution in [0.25, 0.3) is 0 Å². The van der Waals surface area contributed by atoms with Crippen molar-refractivity contribution >= 4 is 17.3 Å². The number of hydrogen-bond acceptors (Lipinski definition) is 4. The topological polar surface area (TPSA) is 84.3 Å². The van der Waals surface area contributed by atoms with E-state index in [-0.39, 0.29) is 11.6 Å². The minimum absolute atomic E-state index is 0.0437. The van der Waals surface area contributed by atoms with Gasteiger partial charge in [0, 0.05) is 12.1 Å². The summed E-state index contributed by atoms with van der Waals surface area (Å²) >= 11 is 0. The van der Waals surface area contributed by atoms with Crippen LogP contribution in [0.15, 0.2) is 48.5 Å². The summed E-state index contributed by atoms with van der Waals surface area (Å²) in [4.78, 5) is 22.3. The van der Waals surface area contributed by atoms with Gasteiger partial charge in [0.15, 0.2) is 0 Å². The Kier molecular flexibility index (Phi) is 2.83. The number of hydrogen-bond donors (Lipinski definition) is 2. The van der Waals surface area contributed by atoms with E-state index in [1.807, 2.05) is 30.3 Å². The molecule has 0 saturated carbocycles. The Labute approximate surface area is 114 Å². The second-order valence-electron chi connectivity index (χ2n) is 4.45. The van der Waals surface area contributed by atoms with Crippen molar-refractivity contribution in [3.63, 3.8) is 0 Å². The van der Waals surface area contributed by atoms with E-state index in [4.69, 9.17) is 0 Å². The summed E-state index contributed by atoms with van der Waals surface area (Å²) in [6.45, 7) is 0. The van der Waals surface area contributed by atoms with E-state index in [1.54, 1.807) is 0 Å². The Morgan fingerprint density at radius 1 is 1.05 bits per heavy atom. The van der Waals surface area contributed by atoms with Crippen molar-refractivity contribution in [1.29, 1.82) is 0 Å².